The molecule has 152 valence electrons. The molecule has 0 atom stereocenters. The zero-order chi connectivity index (χ0) is 21.2. The highest BCUT2D eigenvalue weighted by atomic mass is 35.5. The molecule has 14 heteroatoms. The number of pyridine rings is 2. The summed E-state index contributed by atoms with van der Waals surface area (Å²) < 4.78 is 76.5. The van der Waals surface area contributed by atoms with Crippen LogP contribution in [-0.4, -0.2) is 24.9 Å². The van der Waals surface area contributed by atoms with E-state index in [-0.39, 0.29) is 28.8 Å². The second kappa shape index (κ2) is 7.66. The van der Waals surface area contributed by atoms with E-state index in [0.717, 1.165) is 24.3 Å². The van der Waals surface area contributed by atoms with E-state index in [1.165, 1.54) is 12.1 Å². The third-order valence-corrected chi connectivity index (χ3v) is 3.34. The van der Waals surface area contributed by atoms with E-state index >= 15 is 0 Å². The first-order chi connectivity index (χ1) is 13.5. The van der Waals surface area contributed by atoms with E-state index < -0.39 is 23.7 Å². The number of aromatic nitrogens is 5. The third kappa shape index (κ3) is 5.40. The Hall–Kier alpha value is -3.22. The van der Waals surface area contributed by atoms with Crippen LogP contribution in [0, 0.1) is 0 Å². The molecule has 0 aromatic carbocycles. The van der Waals surface area contributed by atoms with Gasteiger partial charge in [0, 0.05) is 0 Å². The minimum Gasteiger partial charge on any atom is -0.309 e. The second-order valence-electron chi connectivity index (χ2n) is 5.31. The van der Waals surface area contributed by atoms with Crippen LogP contribution in [0.3, 0.4) is 0 Å². The Morgan fingerprint density at radius 2 is 1.03 bits per heavy atom. The number of hydrogen-bond acceptors (Lipinski definition) is 7. The number of nitrogens with one attached hydrogen (secondary N) is 2. The number of hydrogen-bond donors (Lipinski definition) is 2. The second-order valence-corrected chi connectivity index (χ2v) is 5.65. The Morgan fingerprint density at radius 1 is 0.621 bits per heavy atom. The summed E-state index contributed by atoms with van der Waals surface area (Å²) in [5, 5.41) is 4.47. The SMILES string of the molecule is FC(F)(F)c1cccc(Nc2nc(Cl)nc(Nc3cccc(C(F)(F)F)n3)n2)n1. The predicted octanol–water partition coefficient (Wildman–Crippen LogP) is 4.84. The number of anilines is 4. The summed E-state index contributed by atoms with van der Waals surface area (Å²) in [6, 6.07) is 6.25. The molecule has 0 fully saturated rings. The van der Waals surface area contributed by atoms with Crippen molar-refractivity contribution in [2.75, 3.05) is 10.6 Å². The molecule has 2 N–H and O–H groups in total. The van der Waals surface area contributed by atoms with Gasteiger partial charge in [0.2, 0.25) is 17.2 Å². The van der Waals surface area contributed by atoms with Crippen LogP contribution in [0.4, 0.5) is 49.9 Å². The van der Waals surface area contributed by atoms with Crippen LogP contribution < -0.4 is 10.6 Å². The highest BCUT2D eigenvalue weighted by Gasteiger charge is 2.33. The van der Waals surface area contributed by atoms with Gasteiger partial charge in [0.1, 0.15) is 23.0 Å². The first kappa shape index (κ1) is 20.5. The van der Waals surface area contributed by atoms with Gasteiger partial charge in [-0.05, 0) is 35.9 Å². The van der Waals surface area contributed by atoms with Gasteiger partial charge in [-0.3, -0.25) is 0 Å². The lowest BCUT2D eigenvalue weighted by Gasteiger charge is -2.11. The minimum atomic E-state index is -4.66. The molecule has 0 radical (unpaired) electrons. The summed E-state index contributed by atoms with van der Waals surface area (Å²) in [6.45, 7) is 0. The minimum absolute atomic E-state index is 0.231. The first-order valence-corrected chi connectivity index (χ1v) is 7.92. The van der Waals surface area contributed by atoms with Crippen molar-refractivity contribution in [2.24, 2.45) is 0 Å². The summed E-state index contributed by atoms with van der Waals surface area (Å²) in [4.78, 5) is 18.0. The molecule has 3 rings (SSSR count). The van der Waals surface area contributed by atoms with Gasteiger partial charge in [-0.25, -0.2) is 9.97 Å². The Kier molecular flexibility index (Phi) is 5.42. The molecule has 3 aromatic heterocycles. The van der Waals surface area contributed by atoms with Gasteiger partial charge in [-0.15, -0.1) is 0 Å². The molecule has 7 nitrogen and oxygen atoms in total. The lowest BCUT2D eigenvalue weighted by molar-refractivity contribution is -0.141. The maximum Gasteiger partial charge on any atom is 0.433 e. The third-order valence-electron chi connectivity index (χ3n) is 3.17. The molecule has 0 aliphatic heterocycles. The molecular formula is C15H8ClF6N7. The van der Waals surface area contributed by atoms with Crippen molar-refractivity contribution >= 4 is 35.1 Å². The fraction of sp³-hybridized carbons (Fsp3) is 0.133. The maximum atomic E-state index is 12.7. The molecule has 0 unspecified atom stereocenters. The quantitative estimate of drug-likeness (QED) is 0.567. The van der Waals surface area contributed by atoms with Crippen LogP contribution in [0.25, 0.3) is 0 Å². The van der Waals surface area contributed by atoms with Crippen LogP contribution in [0.5, 0.6) is 0 Å². The van der Waals surface area contributed by atoms with Crippen molar-refractivity contribution in [2.45, 2.75) is 12.4 Å². The van der Waals surface area contributed by atoms with Crippen molar-refractivity contribution in [1.82, 2.24) is 24.9 Å². The normalized spacial score (nSPS) is 12.0. The largest absolute Gasteiger partial charge is 0.433 e. The highest BCUT2D eigenvalue weighted by molar-refractivity contribution is 6.28. The average molecular weight is 436 g/mol. The molecule has 0 aliphatic rings. The topological polar surface area (TPSA) is 88.5 Å². The number of rotatable bonds is 4. The molecule has 0 aliphatic carbocycles. The number of halogens is 7. The van der Waals surface area contributed by atoms with Crippen LogP contribution in [0.1, 0.15) is 11.4 Å². The fourth-order valence-electron chi connectivity index (χ4n) is 2.02. The first-order valence-electron chi connectivity index (χ1n) is 7.55. The standard InChI is InChI=1S/C15H8ClF6N7/c16-11-27-12(25-9-5-1-3-7(23-9)14(17,18)19)29-13(28-11)26-10-6-2-4-8(24-10)15(20,21)22/h1-6H,(H2,23,24,25,26,27,28,29). The molecule has 0 bridgehead atoms. The van der Waals surface area contributed by atoms with E-state index in [9.17, 15) is 26.3 Å². The Bertz CT molecular complexity index is 947. The zero-order valence-electron chi connectivity index (χ0n) is 13.8. The van der Waals surface area contributed by atoms with E-state index in [2.05, 4.69) is 35.6 Å². The van der Waals surface area contributed by atoms with Gasteiger partial charge < -0.3 is 10.6 Å². The van der Waals surface area contributed by atoms with Crippen molar-refractivity contribution in [3.05, 3.63) is 53.1 Å². The van der Waals surface area contributed by atoms with Crippen LogP contribution in [-0.2, 0) is 12.4 Å². The summed E-state index contributed by atoms with van der Waals surface area (Å²) in [6.07, 6.45) is -9.31. The fourth-order valence-corrected chi connectivity index (χ4v) is 2.18. The lowest BCUT2D eigenvalue weighted by Crippen LogP contribution is -2.11. The molecule has 0 saturated carbocycles. The predicted molar refractivity (Wildman–Crippen MR) is 89.9 cm³/mol. The van der Waals surface area contributed by atoms with Crippen LogP contribution in [0.2, 0.25) is 5.28 Å². The molecular weight excluding hydrogens is 428 g/mol. The highest BCUT2D eigenvalue weighted by Crippen LogP contribution is 2.30. The molecule has 3 heterocycles. The monoisotopic (exact) mass is 435 g/mol. The van der Waals surface area contributed by atoms with Gasteiger partial charge in [-0.2, -0.15) is 41.3 Å². The summed E-state index contributed by atoms with van der Waals surface area (Å²) >= 11 is 5.75. The smallest absolute Gasteiger partial charge is 0.309 e. The number of nitrogens with zero attached hydrogens (tertiary/aromatic N) is 5. The van der Waals surface area contributed by atoms with E-state index in [4.69, 9.17) is 11.6 Å². The molecule has 0 spiro atoms. The van der Waals surface area contributed by atoms with Gasteiger partial charge in [0.05, 0.1) is 0 Å². The van der Waals surface area contributed by atoms with Gasteiger partial charge >= 0.3 is 12.4 Å². The van der Waals surface area contributed by atoms with Gasteiger partial charge in [-0.1, -0.05) is 12.1 Å². The Labute approximate surface area is 163 Å². The van der Waals surface area contributed by atoms with Gasteiger partial charge in [0.25, 0.3) is 0 Å². The van der Waals surface area contributed by atoms with Crippen molar-refractivity contribution in [1.29, 1.82) is 0 Å². The van der Waals surface area contributed by atoms with Crippen LogP contribution in [0.15, 0.2) is 36.4 Å². The summed E-state index contributed by atoms with van der Waals surface area (Å²) in [5.41, 5.74) is -2.29. The molecule has 0 amide bonds. The van der Waals surface area contributed by atoms with Crippen molar-refractivity contribution in [3.8, 4) is 0 Å². The lowest BCUT2D eigenvalue weighted by atomic mass is 10.3. The molecule has 0 saturated heterocycles. The molecule has 3 aromatic rings. The number of alkyl halides is 6. The maximum absolute atomic E-state index is 12.7. The summed E-state index contributed by atoms with van der Waals surface area (Å²) in [7, 11) is 0. The van der Waals surface area contributed by atoms with E-state index in [0.29, 0.717) is 0 Å². The zero-order valence-corrected chi connectivity index (χ0v) is 14.6. The summed E-state index contributed by atoms with van der Waals surface area (Å²) in [5.74, 6) is -1.03. The van der Waals surface area contributed by atoms with E-state index in [1.54, 1.807) is 0 Å². The molecule has 29 heavy (non-hydrogen) atoms. The van der Waals surface area contributed by atoms with Gasteiger partial charge in [0.15, 0.2) is 0 Å². The van der Waals surface area contributed by atoms with E-state index in [1.807, 2.05) is 0 Å². The average Bonchev–Trinajstić information content (AvgIpc) is 2.60. The Morgan fingerprint density at radius 3 is 1.41 bits per heavy atom. The Balaban J connectivity index is 1.84. The van der Waals surface area contributed by atoms with Crippen molar-refractivity contribution < 1.29 is 26.3 Å². The van der Waals surface area contributed by atoms with Crippen LogP contribution >= 0.6 is 11.6 Å². The van der Waals surface area contributed by atoms with Crippen molar-refractivity contribution in [3.63, 3.8) is 0 Å².